The van der Waals surface area contributed by atoms with Gasteiger partial charge >= 0.3 is 12.1 Å². The number of ether oxygens (including phenoxy) is 1. The molecule has 0 spiro atoms. The van der Waals surface area contributed by atoms with Crippen LogP contribution >= 0.6 is 0 Å². The van der Waals surface area contributed by atoms with E-state index in [2.05, 4.69) is 10.1 Å². The summed E-state index contributed by atoms with van der Waals surface area (Å²) in [4.78, 5) is 17.8. The lowest BCUT2D eigenvalue weighted by Gasteiger charge is -2.23. The average Bonchev–Trinajstić information content (AvgIpc) is 3.09. The SMILES string of the molecule is Cc1cc(CN(C)Cc2nc(-c3ccc(C(F)(F)F)cc3)nn2C)ccc1OC(C)(C)C(=O)O. The molecule has 0 aliphatic heterocycles. The Labute approximate surface area is 195 Å². The molecule has 3 rings (SSSR count). The molecular weight excluding hydrogens is 449 g/mol. The molecule has 0 unspecified atom stereocenters. The molecule has 0 saturated heterocycles. The Morgan fingerprint density at radius 2 is 1.76 bits per heavy atom. The molecule has 34 heavy (non-hydrogen) atoms. The molecule has 2 aromatic carbocycles. The summed E-state index contributed by atoms with van der Waals surface area (Å²) in [6.45, 7) is 5.90. The van der Waals surface area contributed by atoms with E-state index in [1.54, 1.807) is 17.8 Å². The van der Waals surface area contributed by atoms with E-state index in [0.717, 1.165) is 23.3 Å². The van der Waals surface area contributed by atoms with Crippen molar-refractivity contribution < 1.29 is 27.8 Å². The van der Waals surface area contributed by atoms with E-state index in [-0.39, 0.29) is 0 Å². The highest BCUT2D eigenvalue weighted by Crippen LogP contribution is 2.30. The number of carbonyl (C=O) groups is 1. The number of hydrogen-bond acceptors (Lipinski definition) is 5. The molecule has 1 aromatic heterocycles. The Balaban J connectivity index is 1.67. The first-order valence-electron chi connectivity index (χ1n) is 10.5. The molecule has 0 atom stereocenters. The normalized spacial score (nSPS) is 12.3. The molecule has 0 saturated carbocycles. The van der Waals surface area contributed by atoms with Crippen LogP contribution in [-0.4, -0.2) is 43.4 Å². The molecule has 0 bridgehead atoms. The van der Waals surface area contributed by atoms with Crippen LogP contribution in [0.5, 0.6) is 5.75 Å². The molecular formula is C24H27F3N4O3. The number of halogens is 3. The summed E-state index contributed by atoms with van der Waals surface area (Å²) in [5, 5.41) is 13.6. The van der Waals surface area contributed by atoms with Gasteiger partial charge in [-0.1, -0.05) is 24.3 Å². The molecule has 0 aliphatic carbocycles. The van der Waals surface area contributed by atoms with Crippen molar-refractivity contribution in [2.24, 2.45) is 7.05 Å². The molecule has 10 heteroatoms. The Morgan fingerprint density at radius 1 is 1.12 bits per heavy atom. The summed E-state index contributed by atoms with van der Waals surface area (Å²) in [6.07, 6.45) is -4.39. The predicted octanol–water partition coefficient (Wildman–Crippen LogP) is 4.68. The third kappa shape index (κ3) is 5.93. The molecule has 0 fully saturated rings. The molecule has 1 N–H and O–H groups in total. The molecule has 0 amide bonds. The van der Waals surface area contributed by atoms with E-state index in [1.165, 1.54) is 26.0 Å². The maximum atomic E-state index is 12.8. The van der Waals surface area contributed by atoms with Crippen molar-refractivity contribution in [1.82, 2.24) is 19.7 Å². The highest BCUT2D eigenvalue weighted by Gasteiger charge is 2.31. The minimum atomic E-state index is -4.39. The van der Waals surface area contributed by atoms with Gasteiger partial charge in [0.25, 0.3) is 0 Å². The number of hydrogen-bond donors (Lipinski definition) is 1. The minimum Gasteiger partial charge on any atom is -0.478 e. The first-order valence-corrected chi connectivity index (χ1v) is 10.5. The summed E-state index contributed by atoms with van der Waals surface area (Å²) in [5.41, 5.74) is 0.284. The molecule has 0 aliphatic rings. The van der Waals surface area contributed by atoms with Gasteiger partial charge in [0, 0.05) is 19.2 Å². The van der Waals surface area contributed by atoms with Crippen LogP contribution < -0.4 is 4.74 Å². The van der Waals surface area contributed by atoms with Crippen molar-refractivity contribution in [3.05, 3.63) is 65.0 Å². The molecule has 3 aromatic rings. The molecule has 7 nitrogen and oxygen atoms in total. The average molecular weight is 476 g/mol. The summed E-state index contributed by atoms with van der Waals surface area (Å²) in [7, 11) is 3.66. The Hall–Kier alpha value is -3.40. The quantitative estimate of drug-likeness (QED) is 0.508. The number of aliphatic carboxylic acids is 1. The van der Waals surface area contributed by atoms with Crippen LogP contribution in [0.4, 0.5) is 13.2 Å². The first-order chi connectivity index (χ1) is 15.8. The Kier molecular flexibility index (Phi) is 7.02. The highest BCUT2D eigenvalue weighted by atomic mass is 19.4. The van der Waals surface area contributed by atoms with Crippen molar-refractivity contribution in [2.75, 3.05) is 7.05 Å². The molecule has 0 radical (unpaired) electrons. The summed E-state index contributed by atoms with van der Waals surface area (Å²) in [6, 6.07) is 10.3. The van der Waals surface area contributed by atoms with E-state index in [9.17, 15) is 23.1 Å². The van der Waals surface area contributed by atoms with Gasteiger partial charge in [-0.05, 0) is 57.1 Å². The fourth-order valence-corrected chi connectivity index (χ4v) is 3.34. The lowest BCUT2D eigenvalue weighted by Crippen LogP contribution is -2.38. The van der Waals surface area contributed by atoms with Crippen molar-refractivity contribution in [3.8, 4) is 17.1 Å². The fraction of sp³-hybridized carbons (Fsp3) is 0.375. The highest BCUT2D eigenvalue weighted by molar-refractivity contribution is 5.76. The Bertz CT molecular complexity index is 1170. The van der Waals surface area contributed by atoms with Crippen molar-refractivity contribution >= 4 is 5.97 Å². The van der Waals surface area contributed by atoms with E-state index in [4.69, 9.17) is 4.74 Å². The minimum absolute atomic E-state index is 0.359. The number of benzene rings is 2. The number of carboxylic acid groups (broad SMARTS) is 1. The summed E-state index contributed by atoms with van der Waals surface area (Å²) < 4.78 is 45.6. The second kappa shape index (κ2) is 9.46. The third-order valence-electron chi connectivity index (χ3n) is 5.31. The predicted molar refractivity (Wildman–Crippen MR) is 120 cm³/mol. The number of alkyl halides is 3. The smallest absolute Gasteiger partial charge is 0.416 e. The monoisotopic (exact) mass is 476 g/mol. The van der Waals surface area contributed by atoms with Crippen LogP contribution in [0.25, 0.3) is 11.4 Å². The molecule has 1 heterocycles. The van der Waals surface area contributed by atoms with Gasteiger partial charge in [-0.3, -0.25) is 9.58 Å². The van der Waals surface area contributed by atoms with Crippen molar-refractivity contribution in [1.29, 1.82) is 0 Å². The zero-order valence-corrected chi connectivity index (χ0v) is 19.6. The lowest BCUT2D eigenvalue weighted by atomic mass is 10.1. The van der Waals surface area contributed by atoms with Gasteiger partial charge in [-0.25, -0.2) is 9.78 Å². The van der Waals surface area contributed by atoms with Crippen LogP contribution in [-0.2, 0) is 31.1 Å². The number of nitrogens with zero attached hydrogens (tertiary/aromatic N) is 4. The topological polar surface area (TPSA) is 80.5 Å². The second-order valence-electron chi connectivity index (χ2n) is 8.74. The van der Waals surface area contributed by atoms with Crippen LogP contribution in [0.2, 0.25) is 0 Å². The van der Waals surface area contributed by atoms with E-state index in [1.807, 2.05) is 31.0 Å². The van der Waals surface area contributed by atoms with Crippen LogP contribution in [0.3, 0.4) is 0 Å². The Morgan fingerprint density at radius 3 is 2.32 bits per heavy atom. The van der Waals surface area contributed by atoms with Crippen LogP contribution in [0.15, 0.2) is 42.5 Å². The summed E-state index contributed by atoms with van der Waals surface area (Å²) >= 11 is 0. The van der Waals surface area contributed by atoms with Gasteiger partial charge in [-0.15, -0.1) is 0 Å². The number of rotatable bonds is 8. The van der Waals surface area contributed by atoms with Crippen LogP contribution in [0.1, 0.15) is 36.4 Å². The van der Waals surface area contributed by atoms with E-state index < -0.39 is 23.3 Å². The molecule has 182 valence electrons. The van der Waals surface area contributed by atoms with Gasteiger partial charge in [0.2, 0.25) is 0 Å². The van der Waals surface area contributed by atoms with E-state index in [0.29, 0.717) is 36.1 Å². The van der Waals surface area contributed by atoms with Gasteiger partial charge in [-0.2, -0.15) is 18.3 Å². The first kappa shape index (κ1) is 25.2. The number of carboxylic acids is 1. The van der Waals surface area contributed by atoms with Crippen LogP contribution in [0, 0.1) is 6.92 Å². The standard InChI is InChI=1S/C24H27F3N4O3/c1-15-12-16(6-11-19(15)34-23(2,3)22(32)33)13-30(4)14-20-28-21(29-31(20)5)17-7-9-18(10-8-17)24(25,26)27/h6-12H,13-14H2,1-5H3,(H,32,33). The zero-order valence-electron chi connectivity index (χ0n) is 19.6. The largest absolute Gasteiger partial charge is 0.478 e. The number of aromatic nitrogens is 3. The second-order valence-corrected chi connectivity index (χ2v) is 8.74. The maximum Gasteiger partial charge on any atom is 0.416 e. The maximum absolute atomic E-state index is 12.8. The lowest BCUT2D eigenvalue weighted by molar-refractivity contribution is -0.152. The van der Waals surface area contributed by atoms with Gasteiger partial charge < -0.3 is 9.84 Å². The number of aryl methyl sites for hydroxylation is 2. The zero-order chi connectivity index (χ0) is 25.3. The van der Waals surface area contributed by atoms with E-state index >= 15 is 0 Å². The van der Waals surface area contributed by atoms with Gasteiger partial charge in [0.05, 0.1) is 12.1 Å². The van der Waals surface area contributed by atoms with Crippen molar-refractivity contribution in [2.45, 2.75) is 45.6 Å². The fourth-order valence-electron chi connectivity index (χ4n) is 3.34. The third-order valence-corrected chi connectivity index (χ3v) is 5.31. The van der Waals surface area contributed by atoms with Crippen molar-refractivity contribution in [3.63, 3.8) is 0 Å². The summed E-state index contributed by atoms with van der Waals surface area (Å²) in [5.74, 6) is 0.485. The van der Waals surface area contributed by atoms with Gasteiger partial charge in [0.15, 0.2) is 11.4 Å². The van der Waals surface area contributed by atoms with Gasteiger partial charge in [0.1, 0.15) is 11.6 Å².